The van der Waals surface area contributed by atoms with Gasteiger partial charge in [-0.05, 0) is 29.7 Å². The molecule has 0 atom stereocenters. The first-order valence-corrected chi connectivity index (χ1v) is 7.51. The van der Waals surface area contributed by atoms with E-state index in [0.717, 1.165) is 16.6 Å². The van der Waals surface area contributed by atoms with Crippen LogP contribution in [0.3, 0.4) is 0 Å². The normalized spacial score (nSPS) is 11.1. The largest absolute Gasteiger partial charge is 0.350 e. The molecular formula is C19H20N2O. The van der Waals surface area contributed by atoms with Crippen LogP contribution >= 0.6 is 0 Å². The van der Waals surface area contributed by atoms with Gasteiger partial charge in [-0.25, -0.2) is 0 Å². The number of hydrogen-bond donors (Lipinski definition) is 1. The van der Waals surface area contributed by atoms with Gasteiger partial charge in [0.25, 0.3) is 5.91 Å². The number of amides is 1. The molecule has 0 radical (unpaired) electrons. The third kappa shape index (κ3) is 2.62. The van der Waals surface area contributed by atoms with Crippen molar-refractivity contribution in [1.29, 1.82) is 0 Å². The van der Waals surface area contributed by atoms with E-state index in [4.69, 9.17) is 0 Å². The molecule has 3 nitrogen and oxygen atoms in total. The summed E-state index contributed by atoms with van der Waals surface area (Å²) in [5.41, 5.74) is 3.85. The fourth-order valence-electron chi connectivity index (χ4n) is 2.67. The van der Waals surface area contributed by atoms with Crippen LogP contribution in [0.1, 0.15) is 35.7 Å². The molecule has 1 heterocycles. The molecule has 3 heteroatoms. The second-order valence-corrected chi connectivity index (χ2v) is 5.90. The summed E-state index contributed by atoms with van der Waals surface area (Å²) in [4.78, 5) is 12.5. The van der Waals surface area contributed by atoms with Crippen molar-refractivity contribution >= 4 is 22.5 Å². The molecule has 0 saturated carbocycles. The standard InChI is InChI=1S/C19H20N2O/c1-13(2)14-8-10-15(11-9-14)20-19(22)17-12-21(3)18-7-5-4-6-16(17)18/h4-13H,1-3H3,(H,20,22). The minimum Gasteiger partial charge on any atom is -0.350 e. The number of aromatic nitrogens is 1. The topological polar surface area (TPSA) is 34.0 Å². The highest BCUT2D eigenvalue weighted by Crippen LogP contribution is 2.22. The first kappa shape index (κ1) is 14.4. The lowest BCUT2D eigenvalue weighted by atomic mass is 10.0. The number of rotatable bonds is 3. The van der Waals surface area contributed by atoms with Gasteiger partial charge in [0.05, 0.1) is 5.56 Å². The van der Waals surface area contributed by atoms with E-state index in [1.54, 1.807) is 0 Å². The van der Waals surface area contributed by atoms with Crippen molar-refractivity contribution in [2.75, 3.05) is 5.32 Å². The van der Waals surface area contributed by atoms with Crippen molar-refractivity contribution in [1.82, 2.24) is 4.57 Å². The minimum atomic E-state index is -0.0749. The Balaban J connectivity index is 1.87. The van der Waals surface area contributed by atoms with Gasteiger partial charge in [-0.3, -0.25) is 4.79 Å². The van der Waals surface area contributed by atoms with Crippen LogP contribution in [0.25, 0.3) is 10.9 Å². The minimum absolute atomic E-state index is 0.0749. The summed E-state index contributed by atoms with van der Waals surface area (Å²) < 4.78 is 1.98. The molecule has 0 unspecified atom stereocenters. The number of nitrogens with zero attached hydrogens (tertiary/aromatic N) is 1. The lowest BCUT2D eigenvalue weighted by Crippen LogP contribution is -2.11. The van der Waals surface area contributed by atoms with Crippen LogP contribution in [0.5, 0.6) is 0 Å². The van der Waals surface area contributed by atoms with Crippen LogP contribution in [0.4, 0.5) is 5.69 Å². The molecule has 0 spiro atoms. The van der Waals surface area contributed by atoms with Crippen LogP contribution in [-0.2, 0) is 7.05 Å². The molecule has 0 aliphatic carbocycles. The number of anilines is 1. The SMILES string of the molecule is CC(C)c1ccc(NC(=O)c2cn(C)c3ccccc23)cc1. The number of aryl methyl sites for hydroxylation is 1. The fourth-order valence-corrected chi connectivity index (χ4v) is 2.67. The molecule has 0 saturated heterocycles. The molecule has 1 amide bonds. The smallest absolute Gasteiger partial charge is 0.257 e. The first-order valence-electron chi connectivity index (χ1n) is 7.51. The van der Waals surface area contributed by atoms with E-state index < -0.39 is 0 Å². The van der Waals surface area contributed by atoms with E-state index >= 15 is 0 Å². The number of nitrogens with one attached hydrogen (secondary N) is 1. The second-order valence-electron chi connectivity index (χ2n) is 5.90. The second kappa shape index (κ2) is 5.68. The Morgan fingerprint density at radius 3 is 2.41 bits per heavy atom. The summed E-state index contributed by atoms with van der Waals surface area (Å²) in [7, 11) is 1.95. The highest BCUT2D eigenvalue weighted by Gasteiger charge is 2.13. The summed E-state index contributed by atoms with van der Waals surface area (Å²) in [6, 6.07) is 16.0. The number of carbonyl (C=O) groups excluding carboxylic acids is 1. The molecule has 2 aromatic carbocycles. The molecule has 1 aromatic heterocycles. The fraction of sp³-hybridized carbons (Fsp3) is 0.211. The van der Waals surface area contributed by atoms with Crippen molar-refractivity contribution < 1.29 is 4.79 Å². The Bertz CT molecular complexity index is 813. The number of benzene rings is 2. The van der Waals surface area contributed by atoms with Crippen LogP contribution in [-0.4, -0.2) is 10.5 Å². The van der Waals surface area contributed by atoms with Gasteiger partial charge in [0.15, 0.2) is 0 Å². The highest BCUT2D eigenvalue weighted by molar-refractivity contribution is 6.12. The molecule has 22 heavy (non-hydrogen) atoms. The zero-order valence-electron chi connectivity index (χ0n) is 13.1. The van der Waals surface area contributed by atoms with Crippen molar-refractivity contribution in [3.8, 4) is 0 Å². The van der Waals surface area contributed by atoms with Crippen molar-refractivity contribution in [3.63, 3.8) is 0 Å². The number of para-hydroxylation sites is 1. The van der Waals surface area contributed by atoms with Gasteiger partial charge < -0.3 is 9.88 Å². The van der Waals surface area contributed by atoms with E-state index in [1.807, 2.05) is 54.2 Å². The van der Waals surface area contributed by atoms with Gasteiger partial charge in [-0.15, -0.1) is 0 Å². The summed E-state index contributed by atoms with van der Waals surface area (Å²) >= 11 is 0. The first-order chi connectivity index (χ1) is 10.6. The molecule has 0 fully saturated rings. The third-order valence-corrected chi connectivity index (χ3v) is 3.98. The number of carbonyl (C=O) groups is 1. The van der Waals surface area contributed by atoms with E-state index in [9.17, 15) is 4.79 Å². The lowest BCUT2D eigenvalue weighted by molar-refractivity contribution is 0.102. The monoisotopic (exact) mass is 292 g/mol. The third-order valence-electron chi connectivity index (χ3n) is 3.98. The zero-order valence-corrected chi connectivity index (χ0v) is 13.1. The van der Waals surface area contributed by atoms with Gasteiger partial charge in [-0.1, -0.05) is 44.2 Å². The van der Waals surface area contributed by atoms with E-state index in [0.29, 0.717) is 11.5 Å². The molecule has 0 aliphatic rings. The maximum absolute atomic E-state index is 12.5. The van der Waals surface area contributed by atoms with Gasteiger partial charge in [0.1, 0.15) is 0 Å². The zero-order chi connectivity index (χ0) is 15.7. The Morgan fingerprint density at radius 1 is 1.05 bits per heavy atom. The molecule has 0 aliphatic heterocycles. The van der Waals surface area contributed by atoms with Gasteiger partial charge in [0, 0.05) is 29.8 Å². The summed E-state index contributed by atoms with van der Waals surface area (Å²) in [6.07, 6.45) is 1.88. The Labute approximate surface area is 130 Å². The molecule has 3 rings (SSSR count). The number of fused-ring (bicyclic) bond motifs is 1. The summed E-state index contributed by atoms with van der Waals surface area (Å²) in [6.45, 7) is 4.31. The molecule has 3 aromatic rings. The highest BCUT2D eigenvalue weighted by atomic mass is 16.1. The molecule has 0 bridgehead atoms. The maximum Gasteiger partial charge on any atom is 0.257 e. The van der Waals surface area contributed by atoms with E-state index in [-0.39, 0.29) is 5.91 Å². The maximum atomic E-state index is 12.5. The average molecular weight is 292 g/mol. The van der Waals surface area contributed by atoms with Gasteiger partial charge in [0.2, 0.25) is 0 Å². The van der Waals surface area contributed by atoms with Crippen molar-refractivity contribution in [2.24, 2.45) is 7.05 Å². The van der Waals surface area contributed by atoms with Gasteiger partial charge >= 0.3 is 0 Å². The summed E-state index contributed by atoms with van der Waals surface area (Å²) in [5.74, 6) is 0.414. The molecular weight excluding hydrogens is 272 g/mol. The van der Waals surface area contributed by atoms with Crippen LogP contribution in [0.2, 0.25) is 0 Å². The van der Waals surface area contributed by atoms with Crippen LogP contribution in [0.15, 0.2) is 54.7 Å². The number of hydrogen-bond acceptors (Lipinski definition) is 1. The Morgan fingerprint density at radius 2 is 1.73 bits per heavy atom. The van der Waals surface area contributed by atoms with E-state index in [2.05, 4.69) is 31.3 Å². The van der Waals surface area contributed by atoms with Crippen molar-refractivity contribution in [2.45, 2.75) is 19.8 Å². The van der Waals surface area contributed by atoms with Crippen LogP contribution in [0, 0.1) is 0 Å². The Hall–Kier alpha value is -2.55. The average Bonchev–Trinajstić information content (AvgIpc) is 2.86. The lowest BCUT2D eigenvalue weighted by Gasteiger charge is -2.08. The predicted molar refractivity (Wildman–Crippen MR) is 91.4 cm³/mol. The van der Waals surface area contributed by atoms with E-state index in [1.165, 1.54) is 5.56 Å². The van der Waals surface area contributed by atoms with Gasteiger partial charge in [-0.2, -0.15) is 0 Å². The van der Waals surface area contributed by atoms with Crippen LogP contribution < -0.4 is 5.32 Å². The predicted octanol–water partition coefficient (Wildman–Crippen LogP) is 4.55. The Kier molecular flexibility index (Phi) is 3.72. The molecule has 1 N–H and O–H groups in total. The quantitative estimate of drug-likeness (QED) is 0.754. The van der Waals surface area contributed by atoms with Crippen molar-refractivity contribution in [3.05, 3.63) is 65.9 Å². The summed E-state index contributed by atoms with van der Waals surface area (Å²) in [5, 5.41) is 3.95. The molecule has 112 valence electrons.